The van der Waals surface area contributed by atoms with Crippen molar-refractivity contribution in [2.75, 3.05) is 0 Å². The summed E-state index contributed by atoms with van der Waals surface area (Å²) in [6, 6.07) is 0. The minimum Gasteiger partial charge on any atom is -0.358 e. The number of rotatable bonds is 0. The Kier molecular flexibility index (Phi) is 13.8. The quantitative estimate of drug-likeness (QED) is 0.452. The SMILES string of the molecule is CC1=[C-]C(C)(C)C(C)=C1C.Cl.Cl.[CH3-].[Ti+2]. The number of hydrogen-bond acceptors (Lipinski definition) is 0. The molecule has 0 aliphatic heterocycles. The molecule has 0 saturated carbocycles. The molecule has 14 heavy (non-hydrogen) atoms. The second-order valence-electron chi connectivity index (χ2n) is 3.62. The molecule has 0 N–H and O–H groups in total. The number of halogens is 2. The fourth-order valence-corrected chi connectivity index (χ4v) is 1.41. The predicted molar refractivity (Wildman–Crippen MR) is 65.5 cm³/mol. The molecule has 0 unspecified atom stereocenters. The average molecular weight is 271 g/mol. The van der Waals surface area contributed by atoms with Crippen LogP contribution in [0.15, 0.2) is 16.7 Å². The molecule has 0 bridgehead atoms. The van der Waals surface area contributed by atoms with E-state index in [2.05, 4.69) is 40.7 Å². The van der Waals surface area contributed by atoms with E-state index in [9.17, 15) is 0 Å². The molecular formula is C11H20Cl2Ti. The van der Waals surface area contributed by atoms with Crippen LogP contribution in [-0.4, -0.2) is 0 Å². The van der Waals surface area contributed by atoms with Crippen LogP contribution in [0, 0.1) is 18.9 Å². The zero-order chi connectivity index (χ0) is 7.94. The van der Waals surface area contributed by atoms with Crippen molar-refractivity contribution in [2.24, 2.45) is 5.41 Å². The maximum absolute atomic E-state index is 3.44. The van der Waals surface area contributed by atoms with E-state index in [-0.39, 0.29) is 59.4 Å². The first-order chi connectivity index (χ1) is 4.45. The van der Waals surface area contributed by atoms with Gasteiger partial charge in [0, 0.05) is 0 Å². The summed E-state index contributed by atoms with van der Waals surface area (Å²) in [6.07, 6.45) is 3.44. The van der Waals surface area contributed by atoms with Crippen molar-refractivity contribution in [1.29, 1.82) is 0 Å². The normalized spacial score (nSPS) is 16.8. The maximum atomic E-state index is 3.44. The predicted octanol–water partition coefficient (Wildman–Crippen LogP) is 4.40. The standard InChI is InChI=1S/C10H15.CH3.2ClH.Ti/c1-7-6-10(4,5)9(3)8(7)2;;;;/h1-5H3;1H3;2*1H;/q2*-1;;;+2. The van der Waals surface area contributed by atoms with Crippen LogP contribution in [0.4, 0.5) is 0 Å². The minimum atomic E-state index is 0. The van der Waals surface area contributed by atoms with Gasteiger partial charge in [0.05, 0.1) is 0 Å². The Labute approximate surface area is 116 Å². The number of allylic oxidation sites excluding steroid dienone is 4. The molecule has 0 amide bonds. The van der Waals surface area contributed by atoms with Crippen LogP contribution in [0.3, 0.4) is 0 Å². The van der Waals surface area contributed by atoms with Gasteiger partial charge in [0.2, 0.25) is 0 Å². The van der Waals surface area contributed by atoms with E-state index in [1.807, 2.05) is 0 Å². The van der Waals surface area contributed by atoms with E-state index < -0.39 is 0 Å². The van der Waals surface area contributed by atoms with Crippen molar-refractivity contribution in [3.8, 4) is 0 Å². The Morgan fingerprint density at radius 2 is 1.36 bits per heavy atom. The summed E-state index contributed by atoms with van der Waals surface area (Å²) in [4.78, 5) is 0. The van der Waals surface area contributed by atoms with Crippen LogP contribution >= 0.6 is 24.8 Å². The molecule has 1 rings (SSSR count). The van der Waals surface area contributed by atoms with Crippen molar-refractivity contribution in [2.45, 2.75) is 34.6 Å². The third kappa shape index (κ3) is 4.53. The van der Waals surface area contributed by atoms with Crippen molar-refractivity contribution in [3.63, 3.8) is 0 Å². The van der Waals surface area contributed by atoms with E-state index in [0.29, 0.717) is 0 Å². The topological polar surface area (TPSA) is 0 Å². The molecule has 0 spiro atoms. The van der Waals surface area contributed by atoms with Crippen LogP contribution < -0.4 is 0 Å². The second-order valence-corrected chi connectivity index (χ2v) is 3.62. The van der Waals surface area contributed by atoms with E-state index in [0.717, 1.165) is 0 Å². The minimum absolute atomic E-state index is 0. The Morgan fingerprint density at radius 1 is 1.00 bits per heavy atom. The zero-order valence-corrected chi connectivity index (χ0v) is 13.0. The molecule has 0 aromatic heterocycles. The van der Waals surface area contributed by atoms with E-state index >= 15 is 0 Å². The Morgan fingerprint density at radius 3 is 1.43 bits per heavy atom. The molecular weight excluding hydrogens is 251 g/mol. The van der Waals surface area contributed by atoms with Crippen LogP contribution in [0.5, 0.6) is 0 Å². The average Bonchev–Trinajstić information content (AvgIpc) is 1.95. The molecule has 0 radical (unpaired) electrons. The smallest absolute Gasteiger partial charge is 0.358 e. The van der Waals surface area contributed by atoms with Crippen molar-refractivity contribution in [3.05, 3.63) is 30.2 Å². The van der Waals surface area contributed by atoms with E-state index in [1.54, 1.807) is 0 Å². The van der Waals surface area contributed by atoms with Gasteiger partial charge in [-0.1, -0.05) is 33.1 Å². The van der Waals surface area contributed by atoms with Crippen LogP contribution in [0.1, 0.15) is 34.6 Å². The van der Waals surface area contributed by atoms with Gasteiger partial charge in [0.25, 0.3) is 0 Å². The molecule has 0 nitrogen and oxygen atoms in total. The van der Waals surface area contributed by atoms with Crippen molar-refractivity contribution >= 4 is 24.8 Å². The molecule has 0 saturated heterocycles. The van der Waals surface area contributed by atoms with Gasteiger partial charge in [0.1, 0.15) is 0 Å². The van der Waals surface area contributed by atoms with Crippen LogP contribution in [-0.2, 0) is 21.7 Å². The third-order valence-corrected chi connectivity index (χ3v) is 2.56. The molecule has 0 atom stereocenters. The van der Waals surface area contributed by atoms with Gasteiger partial charge in [-0.15, -0.1) is 31.7 Å². The van der Waals surface area contributed by atoms with Gasteiger partial charge in [-0.25, -0.2) is 5.57 Å². The Balaban J connectivity index is -0.000000125. The largest absolute Gasteiger partial charge is 2.00 e. The molecule has 0 heterocycles. The summed E-state index contributed by atoms with van der Waals surface area (Å²) in [6.45, 7) is 10.9. The van der Waals surface area contributed by atoms with Gasteiger partial charge >= 0.3 is 21.7 Å². The van der Waals surface area contributed by atoms with E-state index in [4.69, 9.17) is 0 Å². The Hall–Kier alpha value is 0.774. The summed E-state index contributed by atoms with van der Waals surface area (Å²) >= 11 is 0. The van der Waals surface area contributed by atoms with Crippen molar-refractivity contribution in [1.82, 2.24) is 0 Å². The van der Waals surface area contributed by atoms with Crippen LogP contribution in [0.2, 0.25) is 0 Å². The first-order valence-electron chi connectivity index (χ1n) is 3.75. The summed E-state index contributed by atoms with van der Waals surface area (Å²) in [5.74, 6) is 0. The molecule has 1 aliphatic carbocycles. The summed E-state index contributed by atoms with van der Waals surface area (Å²) in [7, 11) is 0. The van der Waals surface area contributed by atoms with Gasteiger partial charge in [-0.2, -0.15) is 11.1 Å². The van der Waals surface area contributed by atoms with Gasteiger partial charge in [0.15, 0.2) is 0 Å². The summed E-state index contributed by atoms with van der Waals surface area (Å²) in [5, 5.41) is 0. The van der Waals surface area contributed by atoms with Gasteiger partial charge < -0.3 is 7.43 Å². The molecule has 0 aromatic carbocycles. The first-order valence-corrected chi connectivity index (χ1v) is 3.75. The molecule has 82 valence electrons. The van der Waals surface area contributed by atoms with Gasteiger partial charge in [-0.05, 0) is 0 Å². The van der Waals surface area contributed by atoms with Gasteiger partial charge in [-0.3, -0.25) is 6.08 Å². The first kappa shape index (κ1) is 24.1. The molecule has 3 heteroatoms. The number of hydrogen-bond donors (Lipinski definition) is 0. The molecule has 1 aliphatic rings. The molecule has 0 fully saturated rings. The Bertz CT molecular complexity index is 227. The fraction of sp³-hybridized carbons (Fsp3) is 0.545. The summed E-state index contributed by atoms with van der Waals surface area (Å²) < 4.78 is 0. The monoisotopic (exact) mass is 270 g/mol. The fourth-order valence-electron chi connectivity index (χ4n) is 1.41. The summed E-state index contributed by atoms with van der Waals surface area (Å²) in [5.41, 5.74) is 4.39. The molecule has 0 aromatic rings. The third-order valence-electron chi connectivity index (χ3n) is 2.56. The zero-order valence-electron chi connectivity index (χ0n) is 9.82. The van der Waals surface area contributed by atoms with Crippen molar-refractivity contribution < 1.29 is 21.7 Å². The van der Waals surface area contributed by atoms with E-state index in [1.165, 1.54) is 16.7 Å². The van der Waals surface area contributed by atoms with Crippen LogP contribution in [0.25, 0.3) is 0 Å². The second kappa shape index (κ2) is 7.99. The maximum Gasteiger partial charge on any atom is 2.00 e.